The number of carbonyl (C=O) groups excluding carboxylic acids is 1. The summed E-state index contributed by atoms with van der Waals surface area (Å²) in [5.41, 5.74) is 0.855. The number of nitrogens with one attached hydrogen (secondary N) is 2. The summed E-state index contributed by atoms with van der Waals surface area (Å²) < 4.78 is 0. The van der Waals surface area contributed by atoms with Gasteiger partial charge >= 0.3 is 0 Å². The van der Waals surface area contributed by atoms with Gasteiger partial charge in [-0.05, 0) is 37.6 Å². The number of piperazine rings is 1. The molecule has 31 heavy (non-hydrogen) atoms. The van der Waals surface area contributed by atoms with Gasteiger partial charge in [0.1, 0.15) is 5.82 Å². The number of guanidine groups is 1. The first kappa shape index (κ1) is 25.6. The highest BCUT2D eigenvalue weighted by molar-refractivity contribution is 14.0. The maximum Gasteiger partial charge on any atom is 0.230 e. The highest BCUT2D eigenvalue weighted by atomic mass is 127. The minimum Gasteiger partial charge on any atom is -0.355 e. The van der Waals surface area contributed by atoms with Crippen molar-refractivity contribution in [1.29, 1.82) is 0 Å². The summed E-state index contributed by atoms with van der Waals surface area (Å²) in [6, 6.07) is 4.19. The number of hydrogen-bond donors (Lipinski definition) is 2. The van der Waals surface area contributed by atoms with Gasteiger partial charge in [-0.3, -0.25) is 9.79 Å². The summed E-state index contributed by atoms with van der Waals surface area (Å²) in [5, 5.41) is 6.79. The lowest BCUT2D eigenvalue weighted by Crippen LogP contribution is -2.49. The Kier molecular flexibility index (Phi) is 9.80. The Labute approximate surface area is 203 Å². The van der Waals surface area contributed by atoms with E-state index in [0.29, 0.717) is 13.1 Å². The third-order valence-corrected chi connectivity index (χ3v) is 6.34. The smallest absolute Gasteiger partial charge is 0.230 e. The molecule has 1 saturated carbocycles. The number of carbonyl (C=O) groups is 1. The van der Waals surface area contributed by atoms with Crippen molar-refractivity contribution in [2.24, 2.45) is 10.4 Å². The molecule has 1 saturated heterocycles. The lowest BCUT2D eigenvalue weighted by molar-refractivity contribution is -0.138. The van der Waals surface area contributed by atoms with Crippen LogP contribution in [0.1, 0.15) is 31.2 Å². The highest BCUT2D eigenvalue weighted by Gasteiger charge is 2.42. The number of rotatable bonds is 6. The van der Waals surface area contributed by atoms with Crippen LogP contribution in [0.4, 0.5) is 5.82 Å². The van der Waals surface area contributed by atoms with Gasteiger partial charge in [0.25, 0.3) is 0 Å². The summed E-state index contributed by atoms with van der Waals surface area (Å²) in [6.07, 6.45) is 5.97. The first-order valence-electron chi connectivity index (χ1n) is 11.0. The molecule has 1 aromatic heterocycles. The van der Waals surface area contributed by atoms with E-state index in [1.165, 1.54) is 5.56 Å². The van der Waals surface area contributed by atoms with Crippen LogP contribution in [0.2, 0.25) is 0 Å². The molecule has 0 unspecified atom stereocenters. The average molecular weight is 543 g/mol. The molecule has 2 fully saturated rings. The zero-order valence-electron chi connectivity index (χ0n) is 19.4. The molecule has 9 heteroatoms. The lowest BCUT2D eigenvalue weighted by atomic mass is 9.84. The van der Waals surface area contributed by atoms with E-state index in [1.54, 1.807) is 11.9 Å². The van der Waals surface area contributed by atoms with Crippen LogP contribution >= 0.6 is 24.0 Å². The summed E-state index contributed by atoms with van der Waals surface area (Å²) in [4.78, 5) is 28.1. The van der Waals surface area contributed by atoms with E-state index in [-0.39, 0.29) is 35.3 Å². The number of pyridine rings is 1. The predicted molar refractivity (Wildman–Crippen MR) is 137 cm³/mol. The van der Waals surface area contributed by atoms with Crippen LogP contribution in [0, 0.1) is 5.41 Å². The van der Waals surface area contributed by atoms with Crippen molar-refractivity contribution < 1.29 is 4.79 Å². The second kappa shape index (κ2) is 11.8. The third-order valence-electron chi connectivity index (χ3n) is 6.34. The lowest BCUT2D eigenvalue weighted by Gasteiger charge is -2.33. The fourth-order valence-electron chi connectivity index (χ4n) is 4.43. The van der Waals surface area contributed by atoms with Crippen molar-refractivity contribution in [1.82, 2.24) is 25.4 Å². The minimum atomic E-state index is -0.313. The van der Waals surface area contributed by atoms with Crippen LogP contribution in [0.25, 0.3) is 0 Å². The topological polar surface area (TPSA) is 76.1 Å². The molecule has 1 aromatic rings. The van der Waals surface area contributed by atoms with Gasteiger partial charge in [0.15, 0.2) is 5.96 Å². The van der Waals surface area contributed by atoms with Crippen LogP contribution < -0.4 is 15.5 Å². The third kappa shape index (κ3) is 6.68. The SMILES string of the molecule is CN=C(NCc1ccnc(N2CCN(C)CC2)c1)NCC1(C(=O)N(C)C)CCCC1.I. The number of nitrogens with zero attached hydrogens (tertiary/aromatic N) is 5. The normalized spacial score (nSPS) is 19.0. The molecule has 174 valence electrons. The van der Waals surface area contributed by atoms with Crippen LogP contribution in [0.15, 0.2) is 23.3 Å². The molecule has 0 bridgehead atoms. The Morgan fingerprint density at radius 3 is 2.48 bits per heavy atom. The van der Waals surface area contributed by atoms with E-state index in [2.05, 4.69) is 43.5 Å². The second-order valence-corrected chi connectivity index (χ2v) is 8.78. The van der Waals surface area contributed by atoms with Crippen LogP contribution in [-0.4, -0.2) is 87.6 Å². The Bertz CT molecular complexity index is 741. The summed E-state index contributed by atoms with van der Waals surface area (Å²) >= 11 is 0. The quantitative estimate of drug-likeness (QED) is 0.324. The fraction of sp³-hybridized carbons (Fsp3) is 0.682. The molecule has 1 aliphatic heterocycles. The molecule has 0 atom stereocenters. The first-order chi connectivity index (χ1) is 14.4. The van der Waals surface area contributed by atoms with Gasteiger partial charge in [-0.2, -0.15) is 0 Å². The zero-order chi connectivity index (χ0) is 21.6. The molecule has 8 nitrogen and oxygen atoms in total. The van der Waals surface area contributed by atoms with E-state index in [1.807, 2.05) is 26.4 Å². The van der Waals surface area contributed by atoms with Gasteiger partial charge < -0.3 is 25.3 Å². The van der Waals surface area contributed by atoms with Gasteiger partial charge in [-0.1, -0.05) is 12.8 Å². The molecule has 1 amide bonds. The Morgan fingerprint density at radius 1 is 1.19 bits per heavy atom. The standard InChI is InChI=1S/C22H37N7O.HI/c1-23-21(26-17-22(8-5-6-9-22)20(30)27(2)3)25-16-18-7-10-24-19(15-18)29-13-11-28(4)12-14-29;/h7,10,15H,5-6,8-9,11-14,16-17H2,1-4H3,(H2,23,25,26);1H. The van der Waals surface area contributed by atoms with Crippen molar-refractivity contribution in [2.75, 3.05) is 65.8 Å². The highest BCUT2D eigenvalue weighted by Crippen LogP contribution is 2.38. The van der Waals surface area contributed by atoms with Crippen molar-refractivity contribution in [3.05, 3.63) is 23.9 Å². The Hall–Kier alpha value is -1.62. The maximum absolute atomic E-state index is 12.8. The second-order valence-electron chi connectivity index (χ2n) is 8.78. The van der Waals surface area contributed by atoms with E-state index in [0.717, 1.165) is 63.6 Å². The number of likely N-dealkylation sites (N-methyl/N-ethyl adjacent to an activating group) is 1. The molecule has 0 spiro atoms. The van der Waals surface area contributed by atoms with Crippen molar-refractivity contribution in [3.63, 3.8) is 0 Å². The van der Waals surface area contributed by atoms with E-state index in [9.17, 15) is 4.79 Å². The van der Waals surface area contributed by atoms with E-state index >= 15 is 0 Å². The number of aliphatic imine (C=N–C) groups is 1. The summed E-state index contributed by atoms with van der Waals surface area (Å²) in [7, 11) is 7.62. The molecule has 2 heterocycles. The number of anilines is 1. The van der Waals surface area contributed by atoms with Gasteiger partial charge in [0, 0.05) is 66.6 Å². The molecule has 0 aromatic carbocycles. The first-order valence-corrected chi connectivity index (χ1v) is 11.0. The van der Waals surface area contributed by atoms with Crippen LogP contribution in [0.5, 0.6) is 0 Å². The van der Waals surface area contributed by atoms with Gasteiger partial charge in [-0.25, -0.2) is 4.98 Å². The molecule has 0 radical (unpaired) electrons. The number of halogens is 1. The molecule has 2 N–H and O–H groups in total. The van der Waals surface area contributed by atoms with Crippen LogP contribution in [-0.2, 0) is 11.3 Å². The molecule has 3 rings (SSSR count). The molecular formula is C22H38IN7O. The average Bonchev–Trinajstić information content (AvgIpc) is 3.24. The van der Waals surface area contributed by atoms with Gasteiger partial charge in [0.2, 0.25) is 5.91 Å². The number of hydrogen-bond acceptors (Lipinski definition) is 5. The predicted octanol–water partition coefficient (Wildman–Crippen LogP) is 1.77. The molecule has 1 aliphatic carbocycles. The number of aromatic nitrogens is 1. The van der Waals surface area contributed by atoms with Crippen molar-refractivity contribution in [2.45, 2.75) is 32.2 Å². The monoisotopic (exact) mass is 543 g/mol. The zero-order valence-corrected chi connectivity index (χ0v) is 21.7. The van der Waals surface area contributed by atoms with Gasteiger partial charge in [-0.15, -0.1) is 24.0 Å². The Morgan fingerprint density at radius 2 is 1.87 bits per heavy atom. The summed E-state index contributed by atoms with van der Waals surface area (Å²) in [5.74, 6) is 1.98. The minimum absolute atomic E-state index is 0. The summed E-state index contributed by atoms with van der Waals surface area (Å²) in [6.45, 7) is 5.42. The molecule has 2 aliphatic rings. The Balaban J connectivity index is 0.00000341. The van der Waals surface area contributed by atoms with Gasteiger partial charge in [0.05, 0.1) is 5.41 Å². The number of amides is 1. The molecular weight excluding hydrogens is 505 g/mol. The maximum atomic E-state index is 12.8. The van der Waals surface area contributed by atoms with Crippen LogP contribution in [0.3, 0.4) is 0 Å². The van der Waals surface area contributed by atoms with E-state index < -0.39 is 0 Å². The van der Waals surface area contributed by atoms with E-state index in [4.69, 9.17) is 0 Å². The largest absolute Gasteiger partial charge is 0.355 e. The van der Waals surface area contributed by atoms with Crippen molar-refractivity contribution >= 4 is 41.7 Å². The van der Waals surface area contributed by atoms with Crippen molar-refractivity contribution in [3.8, 4) is 0 Å². The fourth-order valence-corrected chi connectivity index (χ4v) is 4.43.